The van der Waals surface area contributed by atoms with E-state index < -0.39 is 0 Å². The number of benzene rings is 1. The van der Waals surface area contributed by atoms with Crippen molar-refractivity contribution in [1.29, 1.82) is 0 Å². The minimum Gasteiger partial charge on any atom is -0.540 e. The normalized spacial score (nSPS) is 17.9. The zero-order valence-electron chi connectivity index (χ0n) is 10.5. The van der Waals surface area contributed by atoms with Crippen molar-refractivity contribution in [1.82, 2.24) is 0 Å². The van der Waals surface area contributed by atoms with E-state index in [1.165, 1.54) is 18.6 Å². The van der Waals surface area contributed by atoms with Crippen molar-refractivity contribution in [3.63, 3.8) is 0 Å². The van der Waals surface area contributed by atoms with Crippen molar-refractivity contribution in [2.45, 2.75) is 26.7 Å². The van der Waals surface area contributed by atoms with E-state index >= 15 is 0 Å². The van der Waals surface area contributed by atoms with Crippen LogP contribution in [-0.2, 0) is 20.1 Å². The zero-order valence-corrected chi connectivity index (χ0v) is 12.9. The molecule has 0 saturated carbocycles. The summed E-state index contributed by atoms with van der Waals surface area (Å²) in [6.45, 7) is 5.45. The molecule has 0 unspecified atom stereocenters. The van der Waals surface area contributed by atoms with Crippen LogP contribution in [0, 0.1) is 11.5 Å². The third-order valence-electron chi connectivity index (χ3n) is 3.15. The Balaban J connectivity index is 0.00000144. The molecule has 1 aromatic rings. The Labute approximate surface area is 117 Å². The summed E-state index contributed by atoms with van der Waals surface area (Å²) in [4.78, 5) is 4.65. The van der Waals surface area contributed by atoms with Gasteiger partial charge in [-0.3, -0.25) is 0 Å². The van der Waals surface area contributed by atoms with Gasteiger partial charge in [-0.2, -0.15) is 0 Å². The second-order valence-electron chi connectivity index (χ2n) is 4.86. The predicted octanol–water partition coefficient (Wildman–Crippen LogP) is 3.10. The first kappa shape index (κ1) is 14.4. The summed E-state index contributed by atoms with van der Waals surface area (Å²) >= 11 is 0. The number of ether oxygens (including phenoxy) is 1. The monoisotopic (exact) mass is 409 g/mol. The van der Waals surface area contributed by atoms with Gasteiger partial charge in [0.1, 0.15) is 0 Å². The molecule has 1 aliphatic rings. The van der Waals surface area contributed by atoms with Crippen LogP contribution in [0.4, 0.5) is 0 Å². The average molecular weight is 409 g/mol. The summed E-state index contributed by atoms with van der Waals surface area (Å²) in [5.41, 5.74) is 2.45. The molecule has 1 aromatic carbocycles. The number of hydrogen-bond donors (Lipinski definition) is 0. The SMILES string of the molecule is COc1c[c-]c(C2=NCCCC2(C)C)cc1.[Ir]. The van der Waals surface area contributed by atoms with Crippen LogP contribution >= 0.6 is 0 Å². The Hall–Kier alpha value is -0.661. The Morgan fingerprint density at radius 3 is 2.65 bits per heavy atom. The maximum absolute atomic E-state index is 5.14. The number of methoxy groups -OCH3 is 1. The van der Waals surface area contributed by atoms with E-state index in [1.807, 2.05) is 18.2 Å². The molecule has 1 radical (unpaired) electrons. The van der Waals surface area contributed by atoms with Gasteiger partial charge in [0.05, 0.1) is 7.11 Å². The van der Waals surface area contributed by atoms with Crippen LogP contribution in [0.3, 0.4) is 0 Å². The molecule has 0 aromatic heterocycles. The average Bonchev–Trinajstić information content (AvgIpc) is 2.29. The van der Waals surface area contributed by atoms with Gasteiger partial charge in [0, 0.05) is 32.4 Å². The van der Waals surface area contributed by atoms with Crippen molar-refractivity contribution in [2.24, 2.45) is 10.4 Å². The summed E-state index contributed by atoms with van der Waals surface area (Å²) < 4.78 is 5.14. The summed E-state index contributed by atoms with van der Waals surface area (Å²) in [5, 5.41) is 0. The molecule has 2 nitrogen and oxygen atoms in total. The maximum Gasteiger partial charge on any atom is 0.0647 e. The van der Waals surface area contributed by atoms with Gasteiger partial charge in [-0.05, 0) is 24.0 Å². The minimum atomic E-state index is 0. The molecular weight excluding hydrogens is 390 g/mol. The van der Waals surface area contributed by atoms with Crippen LogP contribution in [-0.4, -0.2) is 19.4 Å². The molecule has 0 atom stereocenters. The Kier molecular flexibility index (Phi) is 4.90. The molecule has 0 fully saturated rings. The van der Waals surface area contributed by atoms with E-state index in [9.17, 15) is 0 Å². The fourth-order valence-corrected chi connectivity index (χ4v) is 2.18. The topological polar surface area (TPSA) is 21.6 Å². The van der Waals surface area contributed by atoms with E-state index in [-0.39, 0.29) is 25.5 Å². The van der Waals surface area contributed by atoms with E-state index in [1.54, 1.807) is 7.11 Å². The van der Waals surface area contributed by atoms with Crippen molar-refractivity contribution < 1.29 is 24.8 Å². The summed E-state index contributed by atoms with van der Waals surface area (Å²) in [6.07, 6.45) is 2.39. The van der Waals surface area contributed by atoms with E-state index in [4.69, 9.17) is 4.74 Å². The van der Waals surface area contributed by atoms with E-state index in [0.717, 1.165) is 17.9 Å². The van der Waals surface area contributed by atoms with Crippen LogP contribution in [0.15, 0.2) is 23.2 Å². The van der Waals surface area contributed by atoms with Crippen LogP contribution in [0.5, 0.6) is 5.75 Å². The summed E-state index contributed by atoms with van der Waals surface area (Å²) in [6, 6.07) is 9.15. The first-order valence-corrected chi connectivity index (χ1v) is 5.74. The molecule has 2 rings (SSSR count). The maximum atomic E-state index is 5.14. The van der Waals surface area contributed by atoms with Crippen molar-refractivity contribution in [3.8, 4) is 5.75 Å². The molecule has 3 heteroatoms. The van der Waals surface area contributed by atoms with Crippen LogP contribution < -0.4 is 4.74 Å². The van der Waals surface area contributed by atoms with Gasteiger partial charge in [0.25, 0.3) is 0 Å². The van der Waals surface area contributed by atoms with E-state index in [2.05, 4.69) is 24.9 Å². The minimum absolute atomic E-state index is 0. The van der Waals surface area contributed by atoms with E-state index in [0.29, 0.717) is 0 Å². The van der Waals surface area contributed by atoms with Gasteiger partial charge >= 0.3 is 0 Å². The molecule has 0 amide bonds. The fourth-order valence-electron chi connectivity index (χ4n) is 2.18. The predicted molar refractivity (Wildman–Crippen MR) is 66.2 cm³/mol. The quantitative estimate of drug-likeness (QED) is 0.689. The van der Waals surface area contributed by atoms with Gasteiger partial charge in [-0.1, -0.05) is 13.8 Å². The molecule has 95 valence electrons. The zero-order chi connectivity index (χ0) is 11.6. The van der Waals surface area contributed by atoms with Crippen LogP contribution in [0.2, 0.25) is 0 Å². The third kappa shape index (κ3) is 3.17. The molecule has 0 N–H and O–H groups in total. The fraction of sp³-hybridized carbons (Fsp3) is 0.500. The smallest absolute Gasteiger partial charge is 0.0647 e. The molecule has 0 aliphatic carbocycles. The Morgan fingerprint density at radius 1 is 1.35 bits per heavy atom. The summed E-state index contributed by atoms with van der Waals surface area (Å²) in [7, 11) is 1.67. The van der Waals surface area contributed by atoms with Gasteiger partial charge in [-0.15, -0.1) is 29.8 Å². The van der Waals surface area contributed by atoms with Gasteiger partial charge < -0.3 is 9.73 Å². The first-order chi connectivity index (χ1) is 7.63. The standard InChI is InChI=1S/C14H18NO.Ir/c1-14(2)9-4-10-15-13(14)11-5-7-12(16-3)8-6-11;/h5,7-8H,4,9-10H2,1-3H3;/q-1;. The van der Waals surface area contributed by atoms with Crippen LogP contribution in [0.25, 0.3) is 0 Å². The third-order valence-corrected chi connectivity index (χ3v) is 3.15. The second-order valence-corrected chi connectivity index (χ2v) is 4.86. The molecular formula is C14H18IrNO-. The second kappa shape index (κ2) is 5.79. The molecule has 1 heterocycles. The largest absolute Gasteiger partial charge is 0.540 e. The molecule has 0 bridgehead atoms. The molecule has 17 heavy (non-hydrogen) atoms. The number of rotatable bonds is 2. The molecule has 1 aliphatic heterocycles. The van der Waals surface area contributed by atoms with Gasteiger partial charge in [0.2, 0.25) is 0 Å². The number of hydrogen-bond acceptors (Lipinski definition) is 2. The van der Waals surface area contributed by atoms with Crippen molar-refractivity contribution in [3.05, 3.63) is 29.8 Å². The first-order valence-electron chi connectivity index (χ1n) is 5.74. The van der Waals surface area contributed by atoms with Gasteiger partial charge in [-0.25, -0.2) is 0 Å². The molecule has 0 spiro atoms. The molecule has 0 saturated heterocycles. The van der Waals surface area contributed by atoms with Crippen molar-refractivity contribution >= 4 is 5.71 Å². The Morgan fingerprint density at radius 2 is 2.12 bits per heavy atom. The van der Waals surface area contributed by atoms with Crippen LogP contribution in [0.1, 0.15) is 32.3 Å². The summed E-state index contributed by atoms with van der Waals surface area (Å²) in [5.74, 6) is 0.845. The number of nitrogens with zero attached hydrogens (tertiary/aromatic N) is 1. The number of aliphatic imine (C=N–C) groups is 1. The van der Waals surface area contributed by atoms with Gasteiger partial charge in [0.15, 0.2) is 0 Å². The van der Waals surface area contributed by atoms with Crippen molar-refractivity contribution in [2.75, 3.05) is 13.7 Å². The Bertz CT molecular complexity index is 395.